The largest absolute Gasteiger partial charge is 0.392 e. The number of nitrogens with one attached hydrogen (secondary N) is 1. The van der Waals surface area contributed by atoms with Gasteiger partial charge in [-0.25, -0.2) is 0 Å². The maximum atomic E-state index is 12.7. The van der Waals surface area contributed by atoms with Crippen molar-refractivity contribution >= 4 is 39.3 Å². The Kier molecular flexibility index (Phi) is 6.53. The lowest BCUT2D eigenvalue weighted by Gasteiger charge is -2.36. The molecule has 2 aromatic rings. The second-order valence-corrected chi connectivity index (χ2v) is 10.6. The number of carbonyl (C=O) groups is 2. The van der Waals surface area contributed by atoms with Gasteiger partial charge >= 0.3 is 0 Å². The lowest BCUT2D eigenvalue weighted by molar-refractivity contribution is -0.135. The van der Waals surface area contributed by atoms with E-state index in [2.05, 4.69) is 37.7 Å². The van der Waals surface area contributed by atoms with E-state index >= 15 is 0 Å². The molecular weight excluding hydrogens is 438 g/mol. The molecular formula is C24H33N5O3S. The third-order valence-corrected chi connectivity index (χ3v) is 8.64. The number of aliphatic hydroxyl groups excluding tert-OH is 1. The quantitative estimate of drug-likeness (QED) is 0.537. The van der Waals surface area contributed by atoms with Gasteiger partial charge in [0.2, 0.25) is 11.8 Å². The zero-order valence-corrected chi connectivity index (χ0v) is 19.7. The van der Waals surface area contributed by atoms with Crippen LogP contribution in [0.2, 0.25) is 0 Å². The molecule has 2 aliphatic carbocycles. The first-order valence-corrected chi connectivity index (χ1v) is 12.9. The minimum absolute atomic E-state index is 0.0673. The fourth-order valence-corrected chi connectivity index (χ4v) is 6.99. The van der Waals surface area contributed by atoms with Crippen molar-refractivity contribution in [3.05, 3.63) is 24.3 Å². The Hall–Kier alpha value is -2.23. The van der Waals surface area contributed by atoms with Gasteiger partial charge in [0.15, 0.2) is 0 Å². The van der Waals surface area contributed by atoms with Crippen molar-refractivity contribution in [2.45, 2.75) is 31.8 Å². The van der Waals surface area contributed by atoms with Gasteiger partial charge < -0.3 is 21.1 Å². The molecule has 0 spiro atoms. The number of anilines is 1. The van der Waals surface area contributed by atoms with Crippen molar-refractivity contribution in [3.8, 4) is 0 Å². The van der Waals surface area contributed by atoms with Gasteiger partial charge in [0.1, 0.15) is 5.82 Å². The highest BCUT2D eigenvalue weighted by Crippen LogP contribution is 2.52. The van der Waals surface area contributed by atoms with Gasteiger partial charge in [-0.05, 0) is 61.2 Å². The van der Waals surface area contributed by atoms with E-state index in [0.29, 0.717) is 19.5 Å². The number of fused-ring (bicyclic) bond motifs is 3. The molecule has 1 aromatic carbocycles. The van der Waals surface area contributed by atoms with Gasteiger partial charge in [-0.3, -0.25) is 14.5 Å². The van der Waals surface area contributed by atoms with Crippen LogP contribution in [0.15, 0.2) is 24.3 Å². The van der Waals surface area contributed by atoms with Crippen molar-refractivity contribution in [1.29, 1.82) is 0 Å². The predicted molar refractivity (Wildman–Crippen MR) is 129 cm³/mol. The maximum absolute atomic E-state index is 12.7. The number of aromatic nitrogens is 1. The highest BCUT2D eigenvalue weighted by Gasteiger charge is 2.53. The van der Waals surface area contributed by atoms with E-state index in [1.54, 1.807) is 0 Å². The molecule has 5 rings (SSSR count). The summed E-state index contributed by atoms with van der Waals surface area (Å²) in [5.74, 6) is 0.606. The number of primary amides is 1. The molecule has 9 heteroatoms. The Bertz CT molecular complexity index is 1000. The summed E-state index contributed by atoms with van der Waals surface area (Å²) in [4.78, 5) is 29.2. The molecule has 3 aliphatic rings. The van der Waals surface area contributed by atoms with Gasteiger partial charge in [0.25, 0.3) is 0 Å². The molecule has 4 N–H and O–H groups in total. The molecule has 2 saturated carbocycles. The summed E-state index contributed by atoms with van der Waals surface area (Å²) >= 11 is 1.54. The van der Waals surface area contributed by atoms with Crippen LogP contribution < -0.4 is 16.0 Å². The van der Waals surface area contributed by atoms with Crippen molar-refractivity contribution in [2.75, 3.05) is 44.2 Å². The van der Waals surface area contributed by atoms with Gasteiger partial charge in [-0.15, -0.1) is 0 Å². The van der Waals surface area contributed by atoms with Crippen LogP contribution in [0.4, 0.5) is 5.82 Å². The molecule has 1 aromatic heterocycles. The lowest BCUT2D eigenvalue weighted by Crippen LogP contribution is -2.49. The van der Waals surface area contributed by atoms with Crippen LogP contribution in [0, 0.1) is 23.7 Å². The Morgan fingerprint density at radius 3 is 2.64 bits per heavy atom. The van der Waals surface area contributed by atoms with E-state index in [-0.39, 0.29) is 35.5 Å². The van der Waals surface area contributed by atoms with E-state index in [9.17, 15) is 14.7 Å². The number of nitrogens with two attached hydrogens (primary N) is 1. The first-order chi connectivity index (χ1) is 16.0. The summed E-state index contributed by atoms with van der Waals surface area (Å²) < 4.78 is 5.86. The number of aliphatic hydroxyl groups is 1. The van der Waals surface area contributed by atoms with Crippen molar-refractivity contribution in [2.24, 2.45) is 29.4 Å². The third kappa shape index (κ3) is 4.58. The molecule has 2 amide bonds. The molecule has 3 fully saturated rings. The molecule has 0 radical (unpaired) electrons. The number of β-amino-alcohol motifs (C(OH)–C–C–N with tert-alkyl or cyclic N) is 1. The van der Waals surface area contributed by atoms with E-state index in [1.807, 2.05) is 6.07 Å². The smallest absolute Gasteiger partial charge is 0.224 e. The average Bonchev–Trinajstić information content (AvgIpc) is 3.54. The van der Waals surface area contributed by atoms with Crippen LogP contribution in [0.5, 0.6) is 0 Å². The second kappa shape index (κ2) is 9.56. The first-order valence-electron chi connectivity index (χ1n) is 12.1. The van der Waals surface area contributed by atoms with Gasteiger partial charge in [-0.1, -0.05) is 12.1 Å². The van der Waals surface area contributed by atoms with Gasteiger partial charge in [0.05, 0.1) is 22.6 Å². The number of carbonyl (C=O) groups excluding carboxylic acids is 2. The Morgan fingerprint density at radius 2 is 1.88 bits per heavy atom. The number of hydrogen-bond acceptors (Lipinski definition) is 7. The normalized spacial score (nSPS) is 28.3. The summed E-state index contributed by atoms with van der Waals surface area (Å²) in [7, 11) is 0. The number of nitrogens with zero attached hydrogens (tertiary/aromatic N) is 3. The minimum Gasteiger partial charge on any atom is -0.392 e. The van der Waals surface area contributed by atoms with Crippen LogP contribution in [0.25, 0.3) is 10.1 Å². The summed E-state index contributed by atoms with van der Waals surface area (Å²) in [6.07, 6.45) is 2.97. The molecule has 5 unspecified atom stereocenters. The first kappa shape index (κ1) is 22.6. The summed E-state index contributed by atoms with van der Waals surface area (Å²) in [5.41, 5.74) is 5.59. The Morgan fingerprint density at radius 1 is 1.15 bits per heavy atom. The Labute approximate surface area is 198 Å². The van der Waals surface area contributed by atoms with Crippen LogP contribution in [-0.4, -0.2) is 71.6 Å². The number of rotatable bonds is 8. The molecule has 33 heavy (non-hydrogen) atoms. The molecule has 2 heterocycles. The average molecular weight is 472 g/mol. The number of amides is 2. The molecule has 1 aliphatic heterocycles. The van der Waals surface area contributed by atoms with Crippen LogP contribution in [0.1, 0.15) is 25.7 Å². The zero-order chi connectivity index (χ0) is 22.9. The Balaban J connectivity index is 1.05. The van der Waals surface area contributed by atoms with E-state index in [0.717, 1.165) is 51.3 Å². The molecule has 8 nitrogen and oxygen atoms in total. The van der Waals surface area contributed by atoms with Crippen LogP contribution in [-0.2, 0) is 9.59 Å². The van der Waals surface area contributed by atoms with Crippen molar-refractivity contribution < 1.29 is 14.7 Å². The van der Waals surface area contributed by atoms with Crippen molar-refractivity contribution in [3.63, 3.8) is 0 Å². The minimum atomic E-state index is -0.496. The SMILES string of the molecule is NC(=O)C1C2CCC(C2)C1C(=O)NCCC(O)CN1CCN(c2nsc3ccccc23)CC1. The third-order valence-electron chi connectivity index (χ3n) is 7.82. The van der Waals surface area contributed by atoms with E-state index < -0.39 is 6.10 Å². The number of piperazine rings is 1. The fraction of sp³-hybridized carbons (Fsp3) is 0.625. The monoisotopic (exact) mass is 471 g/mol. The molecule has 5 atom stereocenters. The van der Waals surface area contributed by atoms with Crippen LogP contribution >= 0.6 is 11.5 Å². The predicted octanol–water partition coefficient (Wildman–Crippen LogP) is 1.43. The highest BCUT2D eigenvalue weighted by molar-refractivity contribution is 7.13. The summed E-state index contributed by atoms with van der Waals surface area (Å²) in [6, 6.07) is 8.32. The lowest BCUT2D eigenvalue weighted by atomic mass is 9.78. The second-order valence-electron chi connectivity index (χ2n) is 9.81. The van der Waals surface area contributed by atoms with Crippen molar-refractivity contribution in [1.82, 2.24) is 14.6 Å². The topological polar surface area (TPSA) is 112 Å². The summed E-state index contributed by atoms with van der Waals surface area (Å²) in [5, 5.41) is 14.7. The fourth-order valence-electron chi connectivity index (χ4n) is 6.19. The van der Waals surface area contributed by atoms with Gasteiger partial charge in [0, 0.05) is 44.7 Å². The molecule has 1 saturated heterocycles. The number of hydrogen-bond donors (Lipinski definition) is 3. The maximum Gasteiger partial charge on any atom is 0.224 e. The highest BCUT2D eigenvalue weighted by atomic mass is 32.1. The zero-order valence-electron chi connectivity index (χ0n) is 18.9. The van der Waals surface area contributed by atoms with E-state index in [1.165, 1.54) is 21.6 Å². The van der Waals surface area contributed by atoms with Crippen LogP contribution in [0.3, 0.4) is 0 Å². The standard InChI is InChI=1S/C24H33N5O3S/c25-22(31)20-15-5-6-16(13-15)21(20)24(32)26-8-7-17(30)14-28-9-11-29(12-10-28)23-18-3-1-2-4-19(18)33-27-23/h1-4,15-17,20-21,30H,5-14H2,(H2,25,31)(H,26,32). The summed E-state index contributed by atoms with van der Waals surface area (Å²) in [6.45, 7) is 4.54. The van der Waals surface area contributed by atoms with E-state index in [4.69, 9.17) is 5.73 Å². The van der Waals surface area contributed by atoms with Gasteiger partial charge in [-0.2, -0.15) is 4.37 Å². The number of benzene rings is 1. The molecule has 178 valence electrons. The molecule has 2 bridgehead atoms.